The van der Waals surface area contributed by atoms with E-state index in [1.54, 1.807) is 6.07 Å². The van der Waals surface area contributed by atoms with Gasteiger partial charge in [0.25, 0.3) is 0 Å². The summed E-state index contributed by atoms with van der Waals surface area (Å²) in [6.07, 6.45) is 1.71. The first-order valence-electron chi connectivity index (χ1n) is 12.5. The quantitative estimate of drug-likeness (QED) is 0.351. The normalized spacial score (nSPS) is 18.8. The van der Waals surface area contributed by atoms with E-state index in [-0.39, 0.29) is 12.3 Å². The van der Waals surface area contributed by atoms with Crippen LogP contribution < -0.4 is 0 Å². The van der Waals surface area contributed by atoms with Gasteiger partial charge in [0.2, 0.25) is 0 Å². The Morgan fingerprint density at radius 3 is 2.18 bits per heavy atom. The fourth-order valence-corrected chi connectivity index (χ4v) is 5.00. The largest absolute Gasteiger partial charge is 0.392 e. The van der Waals surface area contributed by atoms with Crippen molar-refractivity contribution >= 4 is 0 Å². The van der Waals surface area contributed by atoms with Gasteiger partial charge in [0, 0.05) is 19.5 Å². The molecule has 2 aromatic rings. The molecule has 0 saturated heterocycles. The Balaban J connectivity index is 0.00000129. The molecule has 0 spiro atoms. The van der Waals surface area contributed by atoms with Gasteiger partial charge in [-0.3, -0.25) is 0 Å². The zero-order valence-corrected chi connectivity index (χ0v) is 20.8. The minimum absolute atomic E-state index is 0.268. The van der Waals surface area contributed by atoms with Crippen molar-refractivity contribution in [3.63, 3.8) is 0 Å². The molecule has 2 aromatic carbocycles. The first-order chi connectivity index (χ1) is 16.3. The van der Waals surface area contributed by atoms with Crippen LogP contribution in [0.1, 0.15) is 75.5 Å². The highest BCUT2D eigenvalue weighted by Crippen LogP contribution is 2.48. The van der Waals surface area contributed by atoms with Crippen LogP contribution >= 0.6 is 0 Å². The summed E-state index contributed by atoms with van der Waals surface area (Å²) in [6.45, 7) is 8.09. The van der Waals surface area contributed by atoms with Gasteiger partial charge in [0.1, 0.15) is 0 Å². The van der Waals surface area contributed by atoms with Crippen molar-refractivity contribution in [2.45, 2.75) is 83.9 Å². The molecule has 3 rings (SSSR count). The molecule has 1 aliphatic carbocycles. The molecule has 0 heterocycles. The fraction of sp³-hybridized carbons (Fsp3) is 0.552. The number of hydrogen-bond acceptors (Lipinski definition) is 2. The highest BCUT2D eigenvalue weighted by molar-refractivity contribution is 5.27. The van der Waals surface area contributed by atoms with Crippen LogP contribution in [0.2, 0.25) is 0 Å². The highest BCUT2D eigenvalue weighted by Gasteiger charge is 2.47. The molecule has 0 aliphatic heterocycles. The van der Waals surface area contributed by atoms with Gasteiger partial charge in [-0.05, 0) is 74.6 Å². The molecule has 1 fully saturated rings. The number of aryl methyl sites for hydroxylation is 1. The standard InChI is InChI=1S/C27H36F3N.C2H3N/c1-3-19-31(20-18-22-8-5-4-6-9-22)21(2)12-13-23-14-16-24(17-15-23)25-10-7-11-26(25)27(28,29)30;1-2-3/h4-6,8-9,14-17,21,25-26H,3,7,10-13,18-20H2,1-2H3;1H3. The summed E-state index contributed by atoms with van der Waals surface area (Å²) in [5.41, 5.74) is 3.44. The molecule has 34 heavy (non-hydrogen) atoms. The molecular weight excluding hydrogens is 433 g/mol. The second-order valence-corrected chi connectivity index (χ2v) is 9.31. The third-order valence-corrected chi connectivity index (χ3v) is 6.86. The Hall–Kier alpha value is -2.32. The number of hydrogen-bond donors (Lipinski definition) is 0. The first kappa shape index (κ1) is 27.9. The number of halogens is 3. The summed E-state index contributed by atoms with van der Waals surface area (Å²) in [6, 6.07) is 20.8. The van der Waals surface area contributed by atoms with Gasteiger partial charge in [-0.1, -0.05) is 67.9 Å². The third-order valence-electron chi connectivity index (χ3n) is 6.86. The number of nitrogens with zero attached hydrogens (tertiary/aromatic N) is 2. The van der Waals surface area contributed by atoms with Crippen molar-refractivity contribution in [1.29, 1.82) is 5.26 Å². The van der Waals surface area contributed by atoms with Crippen LogP contribution in [0.4, 0.5) is 13.2 Å². The maximum atomic E-state index is 13.3. The average molecular weight is 473 g/mol. The Kier molecular flexibility index (Phi) is 11.6. The van der Waals surface area contributed by atoms with Gasteiger partial charge in [-0.15, -0.1) is 0 Å². The van der Waals surface area contributed by atoms with Crippen LogP contribution in [0.15, 0.2) is 54.6 Å². The lowest BCUT2D eigenvalue weighted by Crippen LogP contribution is -2.35. The predicted octanol–water partition coefficient (Wildman–Crippen LogP) is 7.94. The van der Waals surface area contributed by atoms with E-state index in [1.165, 1.54) is 18.1 Å². The number of benzene rings is 2. The lowest BCUT2D eigenvalue weighted by molar-refractivity contribution is -0.176. The lowest BCUT2D eigenvalue weighted by Gasteiger charge is -2.29. The maximum absolute atomic E-state index is 13.3. The highest BCUT2D eigenvalue weighted by atomic mass is 19.4. The van der Waals surface area contributed by atoms with Gasteiger partial charge >= 0.3 is 6.18 Å². The van der Waals surface area contributed by atoms with Crippen molar-refractivity contribution in [3.05, 3.63) is 71.3 Å². The van der Waals surface area contributed by atoms with Crippen molar-refractivity contribution in [1.82, 2.24) is 4.90 Å². The fourth-order valence-electron chi connectivity index (χ4n) is 5.00. The molecule has 0 radical (unpaired) electrons. The van der Waals surface area contributed by atoms with Crippen molar-refractivity contribution < 1.29 is 13.2 Å². The van der Waals surface area contributed by atoms with Crippen molar-refractivity contribution in [3.8, 4) is 6.07 Å². The summed E-state index contributed by atoms with van der Waals surface area (Å²) in [7, 11) is 0. The Bertz CT molecular complexity index is 856. The average Bonchev–Trinajstić information content (AvgIpc) is 3.32. The molecule has 1 aliphatic rings. The van der Waals surface area contributed by atoms with Crippen molar-refractivity contribution in [2.24, 2.45) is 5.92 Å². The second-order valence-electron chi connectivity index (χ2n) is 9.31. The number of alkyl halides is 3. The zero-order valence-electron chi connectivity index (χ0n) is 20.8. The van der Waals surface area contributed by atoms with Crippen LogP contribution in [0.25, 0.3) is 0 Å². The maximum Gasteiger partial charge on any atom is 0.392 e. The molecule has 0 amide bonds. The predicted molar refractivity (Wildman–Crippen MR) is 134 cm³/mol. The summed E-state index contributed by atoms with van der Waals surface area (Å²) in [5, 5.41) is 7.32. The van der Waals surface area contributed by atoms with Crippen LogP contribution in [-0.4, -0.2) is 30.2 Å². The SMILES string of the molecule is CC#N.CCCN(CCc1ccccc1)C(C)CCc1ccc(C2CCCC2C(F)(F)F)cc1. The smallest absolute Gasteiger partial charge is 0.300 e. The Labute approximate surface area is 203 Å². The van der Waals surface area contributed by atoms with Gasteiger partial charge in [0.15, 0.2) is 0 Å². The summed E-state index contributed by atoms with van der Waals surface area (Å²) < 4.78 is 39.9. The molecule has 0 N–H and O–H groups in total. The molecule has 5 heteroatoms. The number of nitriles is 1. The van der Waals surface area contributed by atoms with Gasteiger partial charge in [0.05, 0.1) is 12.0 Å². The summed E-state index contributed by atoms with van der Waals surface area (Å²) in [4.78, 5) is 2.56. The van der Waals surface area contributed by atoms with E-state index in [0.29, 0.717) is 18.9 Å². The van der Waals surface area contributed by atoms with E-state index in [0.717, 1.165) is 44.3 Å². The minimum Gasteiger partial charge on any atom is -0.300 e. The van der Waals surface area contributed by atoms with E-state index in [2.05, 4.69) is 49.1 Å². The van der Waals surface area contributed by atoms with E-state index < -0.39 is 12.1 Å². The van der Waals surface area contributed by atoms with Crippen LogP contribution in [0.3, 0.4) is 0 Å². The minimum atomic E-state index is -4.09. The molecule has 186 valence electrons. The van der Waals surface area contributed by atoms with Gasteiger partial charge < -0.3 is 4.90 Å². The molecule has 0 aromatic heterocycles. The van der Waals surface area contributed by atoms with Crippen LogP contribution in [-0.2, 0) is 12.8 Å². The Morgan fingerprint density at radius 2 is 1.59 bits per heavy atom. The molecule has 0 bridgehead atoms. The molecule has 2 nitrogen and oxygen atoms in total. The van der Waals surface area contributed by atoms with Crippen LogP contribution in [0.5, 0.6) is 0 Å². The monoisotopic (exact) mass is 472 g/mol. The van der Waals surface area contributed by atoms with Crippen molar-refractivity contribution in [2.75, 3.05) is 13.1 Å². The molecule has 1 saturated carbocycles. The zero-order chi connectivity index (χ0) is 25.0. The topological polar surface area (TPSA) is 27.0 Å². The molecular formula is C29H39F3N2. The third kappa shape index (κ3) is 8.80. The second kappa shape index (κ2) is 14.2. The van der Waals surface area contributed by atoms with Crippen LogP contribution in [0, 0.1) is 17.2 Å². The van der Waals surface area contributed by atoms with E-state index in [9.17, 15) is 13.2 Å². The molecule has 3 unspecified atom stereocenters. The molecule has 3 atom stereocenters. The van der Waals surface area contributed by atoms with E-state index >= 15 is 0 Å². The first-order valence-corrected chi connectivity index (χ1v) is 12.5. The number of rotatable bonds is 10. The summed E-state index contributed by atoms with van der Waals surface area (Å²) in [5.74, 6) is -1.54. The lowest BCUT2D eigenvalue weighted by atomic mass is 9.87. The van der Waals surface area contributed by atoms with E-state index in [4.69, 9.17) is 5.26 Å². The van der Waals surface area contributed by atoms with E-state index in [1.807, 2.05) is 24.3 Å². The Morgan fingerprint density at radius 1 is 0.971 bits per heavy atom. The summed E-state index contributed by atoms with van der Waals surface area (Å²) >= 11 is 0. The van der Waals surface area contributed by atoms with Gasteiger partial charge in [-0.25, -0.2) is 0 Å². The van der Waals surface area contributed by atoms with Gasteiger partial charge in [-0.2, -0.15) is 18.4 Å².